The highest BCUT2D eigenvalue weighted by Gasteiger charge is 2.14. The summed E-state index contributed by atoms with van der Waals surface area (Å²) in [5.41, 5.74) is 1.13. The van der Waals surface area contributed by atoms with Crippen molar-refractivity contribution < 1.29 is 4.74 Å². The summed E-state index contributed by atoms with van der Waals surface area (Å²) in [6, 6.07) is 2.02. The van der Waals surface area contributed by atoms with Gasteiger partial charge in [0.05, 0.1) is 11.6 Å². The van der Waals surface area contributed by atoms with Crippen LogP contribution in [0.3, 0.4) is 0 Å². The molecule has 0 saturated carbocycles. The Morgan fingerprint density at radius 2 is 2.25 bits per heavy atom. The first-order chi connectivity index (χ1) is 9.66. The second-order valence-corrected chi connectivity index (χ2v) is 6.03. The topological polar surface area (TPSA) is 37.4 Å². The van der Waals surface area contributed by atoms with E-state index in [9.17, 15) is 0 Å². The molecule has 0 spiro atoms. The first kappa shape index (κ1) is 15.5. The number of nitrogens with one attached hydrogen (secondary N) is 1. The van der Waals surface area contributed by atoms with Crippen molar-refractivity contribution in [1.29, 1.82) is 0 Å². The van der Waals surface area contributed by atoms with Gasteiger partial charge in [0, 0.05) is 32.4 Å². The summed E-state index contributed by atoms with van der Waals surface area (Å²) in [5, 5.41) is 4.14. The minimum atomic E-state index is 0.648. The fourth-order valence-electron chi connectivity index (χ4n) is 2.26. The third-order valence-electron chi connectivity index (χ3n) is 3.28. The highest BCUT2D eigenvalue weighted by molar-refractivity contribution is 6.33. The molecule has 5 heteroatoms. The van der Waals surface area contributed by atoms with Crippen molar-refractivity contribution in [3.05, 3.63) is 22.8 Å². The van der Waals surface area contributed by atoms with Crippen LogP contribution in [0.4, 0.5) is 5.82 Å². The van der Waals surface area contributed by atoms with Crippen molar-refractivity contribution in [3.8, 4) is 0 Å². The maximum atomic E-state index is 6.38. The highest BCUT2D eigenvalue weighted by Crippen LogP contribution is 2.24. The van der Waals surface area contributed by atoms with Gasteiger partial charge in [-0.2, -0.15) is 0 Å². The molecule has 0 aliphatic carbocycles. The predicted octanol–water partition coefficient (Wildman–Crippen LogP) is 2.71. The molecule has 0 atom stereocenters. The van der Waals surface area contributed by atoms with E-state index in [4.69, 9.17) is 16.3 Å². The SMILES string of the molecule is CC(C)CNCc1cnc(N2CCCOCC2)c(Cl)c1. The zero-order valence-electron chi connectivity index (χ0n) is 12.4. The lowest BCUT2D eigenvalue weighted by molar-refractivity contribution is 0.152. The summed E-state index contributed by atoms with van der Waals surface area (Å²) in [6.45, 7) is 9.60. The number of hydrogen-bond donors (Lipinski definition) is 1. The second-order valence-electron chi connectivity index (χ2n) is 5.63. The second kappa shape index (κ2) is 7.81. The molecule has 0 bridgehead atoms. The van der Waals surface area contributed by atoms with Crippen molar-refractivity contribution in [2.75, 3.05) is 37.7 Å². The average Bonchev–Trinajstić information content (AvgIpc) is 2.67. The summed E-state index contributed by atoms with van der Waals surface area (Å²) in [4.78, 5) is 6.75. The molecule has 4 nitrogen and oxygen atoms in total. The number of pyridine rings is 1. The van der Waals surface area contributed by atoms with Crippen molar-refractivity contribution in [3.63, 3.8) is 0 Å². The molecule has 1 N–H and O–H groups in total. The van der Waals surface area contributed by atoms with Crippen LogP contribution in [-0.2, 0) is 11.3 Å². The van der Waals surface area contributed by atoms with Crippen LogP contribution in [0, 0.1) is 5.92 Å². The average molecular weight is 298 g/mol. The zero-order valence-corrected chi connectivity index (χ0v) is 13.1. The molecular weight excluding hydrogens is 274 g/mol. The molecule has 1 saturated heterocycles. The summed E-state index contributed by atoms with van der Waals surface area (Å²) in [6.07, 6.45) is 2.94. The molecule has 1 fully saturated rings. The molecule has 0 aromatic carbocycles. The quantitative estimate of drug-likeness (QED) is 0.907. The van der Waals surface area contributed by atoms with E-state index < -0.39 is 0 Å². The molecule has 2 rings (SSSR count). The summed E-state index contributed by atoms with van der Waals surface area (Å²) in [7, 11) is 0. The van der Waals surface area contributed by atoms with Crippen LogP contribution in [-0.4, -0.2) is 37.8 Å². The van der Waals surface area contributed by atoms with E-state index >= 15 is 0 Å². The number of rotatable bonds is 5. The van der Waals surface area contributed by atoms with Gasteiger partial charge in [-0.1, -0.05) is 25.4 Å². The molecule has 2 heterocycles. The maximum absolute atomic E-state index is 6.38. The van der Waals surface area contributed by atoms with Crippen LogP contribution < -0.4 is 10.2 Å². The van der Waals surface area contributed by atoms with E-state index in [1.165, 1.54) is 0 Å². The molecule has 1 aliphatic rings. The number of ether oxygens (including phenoxy) is 1. The van der Waals surface area contributed by atoms with Crippen molar-refractivity contribution in [2.45, 2.75) is 26.8 Å². The van der Waals surface area contributed by atoms with Gasteiger partial charge in [0.25, 0.3) is 0 Å². The molecule has 1 aromatic heterocycles. The van der Waals surface area contributed by atoms with Crippen LogP contribution in [0.1, 0.15) is 25.8 Å². The first-order valence-electron chi connectivity index (χ1n) is 7.34. The number of nitrogens with zero attached hydrogens (tertiary/aromatic N) is 2. The first-order valence-corrected chi connectivity index (χ1v) is 7.72. The lowest BCUT2D eigenvalue weighted by Gasteiger charge is -2.22. The van der Waals surface area contributed by atoms with Crippen LogP contribution >= 0.6 is 11.6 Å². The van der Waals surface area contributed by atoms with Crippen molar-refractivity contribution >= 4 is 17.4 Å². The van der Waals surface area contributed by atoms with E-state index in [1.54, 1.807) is 0 Å². The standard InChI is InChI=1S/C15H24ClN3O/c1-12(2)9-17-10-13-8-14(16)15(18-11-13)19-4-3-6-20-7-5-19/h8,11-12,17H,3-7,9-10H2,1-2H3. The number of aromatic nitrogens is 1. The van der Waals surface area contributed by atoms with Gasteiger partial charge in [0.15, 0.2) is 0 Å². The van der Waals surface area contributed by atoms with Gasteiger partial charge >= 0.3 is 0 Å². The molecular formula is C15H24ClN3O. The van der Waals surface area contributed by atoms with Gasteiger partial charge in [-0.05, 0) is 30.5 Å². The Kier molecular flexibility index (Phi) is 6.07. The third-order valence-corrected chi connectivity index (χ3v) is 3.56. The fraction of sp³-hybridized carbons (Fsp3) is 0.667. The van der Waals surface area contributed by atoms with E-state index in [0.717, 1.165) is 62.2 Å². The van der Waals surface area contributed by atoms with E-state index in [0.29, 0.717) is 5.92 Å². The molecule has 1 aliphatic heterocycles. The molecule has 1 aromatic rings. The summed E-state index contributed by atoms with van der Waals surface area (Å²) >= 11 is 6.38. The van der Waals surface area contributed by atoms with Gasteiger partial charge in [0.1, 0.15) is 5.82 Å². The number of anilines is 1. The van der Waals surface area contributed by atoms with E-state index in [1.807, 2.05) is 12.3 Å². The summed E-state index contributed by atoms with van der Waals surface area (Å²) < 4.78 is 5.46. The molecule has 0 amide bonds. The van der Waals surface area contributed by atoms with Crippen LogP contribution in [0.25, 0.3) is 0 Å². The Labute approximate surface area is 126 Å². The van der Waals surface area contributed by atoms with Gasteiger partial charge in [-0.25, -0.2) is 4.98 Å². The van der Waals surface area contributed by atoms with Gasteiger partial charge in [-0.3, -0.25) is 0 Å². The molecule has 0 radical (unpaired) electrons. The van der Waals surface area contributed by atoms with Crippen LogP contribution in [0.5, 0.6) is 0 Å². The molecule has 0 unspecified atom stereocenters. The smallest absolute Gasteiger partial charge is 0.147 e. The highest BCUT2D eigenvalue weighted by atomic mass is 35.5. The Morgan fingerprint density at radius 1 is 1.40 bits per heavy atom. The lowest BCUT2D eigenvalue weighted by Crippen LogP contribution is -2.27. The fourth-order valence-corrected chi connectivity index (χ4v) is 2.57. The molecule has 112 valence electrons. The lowest BCUT2D eigenvalue weighted by atomic mass is 10.2. The van der Waals surface area contributed by atoms with E-state index in [-0.39, 0.29) is 0 Å². The van der Waals surface area contributed by atoms with E-state index in [2.05, 4.69) is 29.0 Å². The van der Waals surface area contributed by atoms with Crippen molar-refractivity contribution in [2.24, 2.45) is 5.92 Å². The number of halogens is 1. The minimum Gasteiger partial charge on any atom is -0.380 e. The largest absolute Gasteiger partial charge is 0.380 e. The third kappa shape index (κ3) is 4.62. The Hall–Kier alpha value is -0.840. The molecule has 20 heavy (non-hydrogen) atoms. The zero-order chi connectivity index (χ0) is 14.4. The Morgan fingerprint density at radius 3 is 3.00 bits per heavy atom. The monoisotopic (exact) mass is 297 g/mol. The minimum absolute atomic E-state index is 0.648. The van der Waals surface area contributed by atoms with Crippen molar-refractivity contribution in [1.82, 2.24) is 10.3 Å². The number of hydrogen-bond acceptors (Lipinski definition) is 4. The van der Waals surface area contributed by atoms with Gasteiger partial charge in [-0.15, -0.1) is 0 Å². The maximum Gasteiger partial charge on any atom is 0.147 e. The van der Waals surface area contributed by atoms with Gasteiger partial charge in [0.2, 0.25) is 0 Å². The summed E-state index contributed by atoms with van der Waals surface area (Å²) in [5.74, 6) is 1.53. The van der Waals surface area contributed by atoms with Crippen LogP contribution in [0.2, 0.25) is 5.02 Å². The Balaban J connectivity index is 1.97. The normalized spacial score (nSPS) is 16.5. The Bertz CT molecular complexity index is 418. The van der Waals surface area contributed by atoms with Crippen LogP contribution in [0.15, 0.2) is 12.3 Å². The van der Waals surface area contributed by atoms with Gasteiger partial charge < -0.3 is 15.0 Å². The predicted molar refractivity (Wildman–Crippen MR) is 83.4 cm³/mol.